The molecule has 0 aliphatic carbocycles. The van der Waals surface area contributed by atoms with Crippen molar-refractivity contribution in [3.8, 4) is 0 Å². The Morgan fingerprint density at radius 1 is 1.18 bits per heavy atom. The molecule has 0 saturated heterocycles. The smallest absolute Gasteiger partial charge is 0.119 e. The van der Waals surface area contributed by atoms with E-state index in [2.05, 4.69) is 49.8 Å². The predicted molar refractivity (Wildman–Crippen MR) is 75.0 cm³/mol. The normalized spacial score (nSPS) is 20.4. The van der Waals surface area contributed by atoms with Gasteiger partial charge in [-0.05, 0) is 18.3 Å². The molecule has 1 atom stereocenters. The van der Waals surface area contributed by atoms with Crippen molar-refractivity contribution in [2.24, 2.45) is 10.5 Å². The molecule has 0 spiro atoms. The molecule has 0 aromatic rings. The summed E-state index contributed by atoms with van der Waals surface area (Å²) in [5.41, 5.74) is 0.355. The molecule has 0 aromatic carbocycles. The Balaban J connectivity index is 2.39. The molecule has 3 heteroatoms. The van der Waals surface area contributed by atoms with E-state index in [4.69, 9.17) is 0 Å². The van der Waals surface area contributed by atoms with Gasteiger partial charge in [-0.3, -0.25) is 5.01 Å². The van der Waals surface area contributed by atoms with Crippen LogP contribution in [0.5, 0.6) is 0 Å². The SMILES string of the molecule is CCCCCCN1N=CN(C)C1CC(C)(C)C. The fourth-order valence-electron chi connectivity index (χ4n) is 2.22. The van der Waals surface area contributed by atoms with Crippen LogP contribution < -0.4 is 0 Å². The minimum Gasteiger partial charge on any atom is -0.343 e. The first kappa shape index (κ1) is 14.3. The van der Waals surface area contributed by atoms with E-state index in [1.54, 1.807) is 0 Å². The minimum absolute atomic E-state index is 0.355. The molecule has 100 valence electrons. The topological polar surface area (TPSA) is 18.8 Å². The van der Waals surface area contributed by atoms with Gasteiger partial charge >= 0.3 is 0 Å². The molecule has 0 amide bonds. The van der Waals surface area contributed by atoms with Crippen LogP contribution in [0.4, 0.5) is 0 Å². The van der Waals surface area contributed by atoms with Crippen LogP contribution in [0.25, 0.3) is 0 Å². The van der Waals surface area contributed by atoms with Crippen molar-refractivity contribution < 1.29 is 0 Å². The van der Waals surface area contributed by atoms with Crippen molar-refractivity contribution in [2.45, 2.75) is 66.0 Å². The molecule has 1 unspecified atom stereocenters. The molecule has 1 aliphatic heterocycles. The van der Waals surface area contributed by atoms with Crippen molar-refractivity contribution in [2.75, 3.05) is 13.6 Å². The quantitative estimate of drug-likeness (QED) is 0.660. The van der Waals surface area contributed by atoms with Gasteiger partial charge < -0.3 is 4.90 Å². The highest BCUT2D eigenvalue weighted by molar-refractivity contribution is 5.56. The third-order valence-corrected chi connectivity index (χ3v) is 3.23. The van der Waals surface area contributed by atoms with Crippen molar-refractivity contribution in [1.82, 2.24) is 9.91 Å². The van der Waals surface area contributed by atoms with Crippen LogP contribution >= 0.6 is 0 Å². The van der Waals surface area contributed by atoms with Gasteiger partial charge in [0.15, 0.2) is 0 Å². The van der Waals surface area contributed by atoms with Crippen LogP contribution in [-0.2, 0) is 0 Å². The second-order valence-corrected chi connectivity index (χ2v) is 6.37. The number of hydrazone groups is 1. The van der Waals surface area contributed by atoms with Gasteiger partial charge in [0.2, 0.25) is 0 Å². The van der Waals surface area contributed by atoms with E-state index in [0.29, 0.717) is 11.6 Å². The summed E-state index contributed by atoms with van der Waals surface area (Å²) in [4.78, 5) is 2.24. The van der Waals surface area contributed by atoms with E-state index in [0.717, 1.165) is 13.0 Å². The van der Waals surface area contributed by atoms with Gasteiger partial charge in [0, 0.05) is 13.6 Å². The third kappa shape index (κ3) is 4.97. The molecule has 0 N–H and O–H groups in total. The largest absolute Gasteiger partial charge is 0.343 e. The van der Waals surface area contributed by atoms with Crippen LogP contribution in [0, 0.1) is 5.41 Å². The van der Waals surface area contributed by atoms with Crippen molar-refractivity contribution in [3.63, 3.8) is 0 Å². The Morgan fingerprint density at radius 2 is 1.88 bits per heavy atom. The summed E-state index contributed by atoms with van der Waals surface area (Å²) in [5.74, 6) is 0. The standard InChI is InChI=1S/C14H29N3/c1-6-7-8-9-10-17-13(11-14(2,3)4)16(5)12-15-17/h12-13H,6-11H2,1-5H3. The highest BCUT2D eigenvalue weighted by Gasteiger charge is 2.29. The Bertz CT molecular complexity index is 242. The third-order valence-electron chi connectivity index (χ3n) is 3.23. The minimum atomic E-state index is 0.355. The van der Waals surface area contributed by atoms with E-state index in [1.807, 2.05) is 6.34 Å². The number of rotatable bonds is 6. The maximum Gasteiger partial charge on any atom is 0.119 e. The summed E-state index contributed by atoms with van der Waals surface area (Å²) >= 11 is 0. The number of hydrogen-bond donors (Lipinski definition) is 0. The zero-order valence-corrected chi connectivity index (χ0v) is 12.2. The lowest BCUT2D eigenvalue weighted by Crippen LogP contribution is -2.40. The van der Waals surface area contributed by atoms with Gasteiger partial charge in [-0.2, -0.15) is 5.10 Å². The van der Waals surface area contributed by atoms with Crippen LogP contribution in [0.3, 0.4) is 0 Å². The van der Waals surface area contributed by atoms with Crippen LogP contribution in [0.2, 0.25) is 0 Å². The molecule has 3 nitrogen and oxygen atoms in total. The van der Waals surface area contributed by atoms with Gasteiger partial charge in [-0.15, -0.1) is 0 Å². The lowest BCUT2D eigenvalue weighted by molar-refractivity contribution is 0.0995. The molecule has 1 aliphatic rings. The Morgan fingerprint density at radius 3 is 2.47 bits per heavy atom. The number of hydrogen-bond acceptors (Lipinski definition) is 3. The molecule has 0 fully saturated rings. The molecule has 0 bridgehead atoms. The molecule has 0 radical (unpaired) electrons. The maximum atomic E-state index is 4.51. The second-order valence-electron chi connectivity index (χ2n) is 6.37. The van der Waals surface area contributed by atoms with Gasteiger partial charge in [0.1, 0.15) is 12.5 Å². The lowest BCUT2D eigenvalue weighted by Gasteiger charge is -2.33. The predicted octanol–water partition coefficient (Wildman–Crippen LogP) is 3.52. The maximum absolute atomic E-state index is 4.51. The summed E-state index contributed by atoms with van der Waals surface area (Å²) in [6.07, 6.45) is 8.82. The lowest BCUT2D eigenvalue weighted by atomic mass is 9.90. The Kier molecular flexibility index (Phi) is 5.29. The van der Waals surface area contributed by atoms with Crippen LogP contribution in [0.1, 0.15) is 59.8 Å². The second kappa shape index (κ2) is 6.27. The molecule has 17 heavy (non-hydrogen) atoms. The summed E-state index contributed by atoms with van der Waals surface area (Å²) in [6.45, 7) is 10.3. The molecular weight excluding hydrogens is 210 g/mol. The average molecular weight is 239 g/mol. The summed E-state index contributed by atoms with van der Waals surface area (Å²) in [5, 5.41) is 6.78. The summed E-state index contributed by atoms with van der Waals surface area (Å²) in [7, 11) is 2.13. The van der Waals surface area contributed by atoms with Crippen molar-refractivity contribution in [3.05, 3.63) is 0 Å². The van der Waals surface area contributed by atoms with Crippen molar-refractivity contribution >= 4 is 6.34 Å². The number of unbranched alkanes of at least 4 members (excludes halogenated alkanes) is 3. The van der Waals surface area contributed by atoms with Gasteiger partial charge in [0.25, 0.3) is 0 Å². The van der Waals surface area contributed by atoms with Crippen LogP contribution in [-0.4, -0.2) is 36.0 Å². The van der Waals surface area contributed by atoms with Crippen LogP contribution in [0.15, 0.2) is 5.10 Å². The van der Waals surface area contributed by atoms with E-state index in [-0.39, 0.29) is 0 Å². The van der Waals surface area contributed by atoms with Crippen molar-refractivity contribution in [1.29, 1.82) is 0 Å². The molecule has 1 heterocycles. The first-order chi connectivity index (χ1) is 7.94. The van der Waals surface area contributed by atoms with E-state index in [1.165, 1.54) is 25.7 Å². The number of nitrogens with zero attached hydrogens (tertiary/aromatic N) is 3. The summed E-state index contributed by atoms with van der Waals surface area (Å²) < 4.78 is 0. The Hall–Kier alpha value is -0.730. The average Bonchev–Trinajstić information content (AvgIpc) is 2.54. The van der Waals surface area contributed by atoms with E-state index >= 15 is 0 Å². The first-order valence-electron chi connectivity index (χ1n) is 6.97. The molecule has 1 rings (SSSR count). The molecule has 0 aromatic heterocycles. The fraction of sp³-hybridized carbons (Fsp3) is 0.929. The van der Waals surface area contributed by atoms with Gasteiger partial charge in [-0.25, -0.2) is 0 Å². The summed E-state index contributed by atoms with van der Waals surface area (Å²) in [6, 6.07) is 0. The van der Waals surface area contributed by atoms with E-state index < -0.39 is 0 Å². The van der Waals surface area contributed by atoms with Gasteiger partial charge in [-0.1, -0.05) is 47.0 Å². The zero-order chi connectivity index (χ0) is 12.9. The Labute approximate surface area is 107 Å². The fourth-order valence-corrected chi connectivity index (χ4v) is 2.22. The zero-order valence-electron chi connectivity index (χ0n) is 12.2. The van der Waals surface area contributed by atoms with E-state index in [9.17, 15) is 0 Å². The molecule has 0 saturated carbocycles. The first-order valence-corrected chi connectivity index (χ1v) is 6.97. The highest BCUT2D eigenvalue weighted by Crippen LogP contribution is 2.27. The highest BCUT2D eigenvalue weighted by atomic mass is 15.6. The molecular formula is C14H29N3. The monoisotopic (exact) mass is 239 g/mol. The van der Waals surface area contributed by atoms with Gasteiger partial charge in [0.05, 0.1) is 0 Å².